The van der Waals surface area contributed by atoms with Crippen LogP contribution in [0.1, 0.15) is 17.0 Å². The molecule has 0 radical (unpaired) electrons. The molecule has 2 aromatic heterocycles. The molecule has 0 aliphatic heterocycles. The maximum atomic E-state index is 5.14. The number of rotatable bonds is 4. The number of hydrogen-bond donors (Lipinski definition) is 1. The van der Waals surface area contributed by atoms with Crippen LogP contribution in [0.4, 0.5) is 5.69 Å². The van der Waals surface area contributed by atoms with Crippen LogP contribution in [0.2, 0.25) is 0 Å². The Labute approximate surface area is 116 Å². The number of anilines is 1. The molecule has 0 atom stereocenters. The number of nitrogens with one attached hydrogen (secondary N) is 1. The van der Waals surface area contributed by atoms with Crippen LogP contribution >= 0.6 is 0 Å². The van der Waals surface area contributed by atoms with E-state index in [0.717, 1.165) is 28.4 Å². The maximum absolute atomic E-state index is 5.14. The minimum absolute atomic E-state index is 0.695. The van der Waals surface area contributed by atoms with E-state index in [-0.39, 0.29) is 0 Å². The van der Waals surface area contributed by atoms with Crippen LogP contribution in [0.15, 0.2) is 41.2 Å². The molecule has 6 nitrogen and oxygen atoms in total. The van der Waals surface area contributed by atoms with E-state index in [4.69, 9.17) is 4.52 Å². The molecule has 0 bridgehead atoms. The van der Waals surface area contributed by atoms with Crippen LogP contribution in [0.5, 0.6) is 0 Å². The summed E-state index contributed by atoms with van der Waals surface area (Å²) < 4.78 is 5.14. The Kier molecular flexibility index (Phi) is 3.20. The number of nitrogens with zero attached hydrogens (tertiary/aromatic N) is 4. The summed E-state index contributed by atoms with van der Waals surface area (Å²) in [7, 11) is 0. The second-order valence-corrected chi connectivity index (χ2v) is 4.52. The lowest BCUT2D eigenvalue weighted by Gasteiger charge is -2.07. The molecular weight excluding hydrogens is 254 g/mol. The van der Waals surface area contributed by atoms with Gasteiger partial charge in [0.25, 0.3) is 0 Å². The lowest BCUT2D eigenvalue weighted by Crippen LogP contribution is -2.02. The first-order valence-corrected chi connectivity index (χ1v) is 6.36. The summed E-state index contributed by atoms with van der Waals surface area (Å²) in [4.78, 5) is 1.58. The highest BCUT2D eigenvalue weighted by Crippen LogP contribution is 2.16. The van der Waals surface area contributed by atoms with E-state index in [0.29, 0.717) is 6.54 Å². The van der Waals surface area contributed by atoms with Crippen LogP contribution in [0.3, 0.4) is 0 Å². The summed E-state index contributed by atoms with van der Waals surface area (Å²) in [6, 6.07) is 7.93. The normalized spacial score (nSPS) is 10.7. The lowest BCUT2D eigenvalue weighted by molar-refractivity contribution is 0.392. The summed E-state index contributed by atoms with van der Waals surface area (Å²) >= 11 is 0. The molecule has 2 heterocycles. The first kappa shape index (κ1) is 12.4. The molecule has 0 spiro atoms. The average molecular weight is 269 g/mol. The quantitative estimate of drug-likeness (QED) is 0.788. The van der Waals surface area contributed by atoms with Gasteiger partial charge in [0, 0.05) is 17.8 Å². The summed E-state index contributed by atoms with van der Waals surface area (Å²) in [6.45, 7) is 4.56. The smallest absolute Gasteiger partial charge is 0.138 e. The molecule has 0 aliphatic carbocycles. The molecule has 0 saturated carbocycles. The predicted molar refractivity (Wildman–Crippen MR) is 74.7 cm³/mol. The van der Waals surface area contributed by atoms with Gasteiger partial charge in [-0.15, -0.1) is 0 Å². The monoisotopic (exact) mass is 269 g/mol. The Morgan fingerprint density at radius 3 is 2.40 bits per heavy atom. The Morgan fingerprint density at radius 1 is 1.10 bits per heavy atom. The van der Waals surface area contributed by atoms with Crippen LogP contribution in [-0.4, -0.2) is 20.2 Å². The van der Waals surface area contributed by atoms with Crippen molar-refractivity contribution >= 4 is 5.69 Å². The maximum Gasteiger partial charge on any atom is 0.138 e. The van der Waals surface area contributed by atoms with Gasteiger partial charge in [0.2, 0.25) is 0 Å². The Bertz CT molecular complexity index is 665. The zero-order valence-electron chi connectivity index (χ0n) is 11.4. The highest BCUT2D eigenvalue weighted by molar-refractivity contribution is 5.48. The molecule has 3 rings (SSSR count). The van der Waals surface area contributed by atoms with Gasteiger partial charge in [-0.25, -0.2) is 0 Å². The van der Waals surface area contributed by atoms with Crippen LogP contribution in [-0.2, 0) is 6.54 Å². The fraction of sp³-hybridized carbons (Fsp3) is 0.214. The van der Waals surface area contributed by atoms with Crippen molar-refractivity contribution in [1.29, 1.82) is 0 Å². The fourth-order valence-corrected chi connectivity index (χ4v) is 2.01. The summed E-state index contributed by atoms with van der Waals surface area (Å²) in [5, 5.41) is 15.5. The molecule has 102 valence electrons. The number of benzene rings is 1. The van der Waals surface area contributed by atoms with Gasteiger partial charge in [0.1, 0.15) is 5.76 Å². The fourth-order valence-electron chi connectivity index (χ4n) is 2.01. The SMILES string of the molecule is Cc1noc(C)c1CNc1ccc(-n2nccn2)cc1. The van der Waals surface area contributed by atoms with Crippen molar-refractivity contribution in [2.75, 3.05) is 5.32 Å². The second kappa shape index (κ2) is 5.16. The van der Waals surface area contributed by atoms with Crippen LogP contribution in [0.25, 0.3) is 5.69 Å². The topological polar surface area (TPSA) is 68.8 Å². The van der Waals surface area contributed by atoms with Crippen molar-refractivity contribution in [2.24, 2.45) is 0 Å². The standard InChI is InChI=1S/C14H15N5O/c1-10-14(11(2)20-18-10)9-15-12-3-5-13(6-4-12)19-16-7-8-17-19/h3-8,15H,9H2,1-2H3. The molecule has 0 unspecified atom stereocenters. The molecular formula is C14H15N5O. The number of aryl methyl sites for hydroxylation is 2. The lowest BCUT2D eigenvalue weighted by atomic mass is 10.2. The van der Waals surface area contributed by atoms with Gasteiger partial charge in [0.15, 0.2) is 0 Å². The van der Waals surface area contributed by atoms with Gasteiger partial charge in [-0.05, 0) is 38.1 Å². The van der Waals surface area contributed by atoms with E-state index in [1.165, 1.54) is 0 Å². The Morgan fingerprint density at radius 2 is 1.80 bits per heavy atom. The first-order valence-electron chi connectivity index (χ1n) is 6.36. The minimum atomic E-state index is 0.695. The van der Waals surface area contributed by atoms with Gasteiger partial charge >= 0.3 is 0 Å². The van der Waals surface area contributed by atoms with Gasteiger partial charge in [-0.2, -0.15) is 15.0 Å². The van der Waals surface area contributed by atoms with Gasteiger partial charge in [0.05, 0.1) is 23.8 Å². The molecule has 20 heavy (non-hydrogen) atoms. The second-order valence-electron chi connectivity index (χ2n) is 4.52. The largest absolute Gasteiger partial charge is 0.381 e. The van der Waals surface area contributed by atoms with Crippen molar-refractivity contribution in [3.05, 3.63) is 53.7 Å². The zero-order chi connectivity index (χ0) is 13.9. The first-order chi connectivity index (χ1) is 9.74. The van der Waals surface area contributed by atoms with E-state index >= 15 is 0 Å². The summed E-state index contributed by atoms with van der Waals surface area (Å²) in [5.41, 5.74) is 3.98. The van der Waals surface area contributed by atoms with Crippen LogP contribution in [0, 0.1) is 13.8 Å². The predicted octanol–water partition coefficient (Wildman–Crippen LogP) is 2.48. The van der Waals surface area contributed by atoms with E-state index < -0.39 is 0 Å². The van der Waals surface area contributed by atoms with Crippen molar-refractivity contribution in [2.45, 2.75) is 20.4 Å². The number of hydrogen-bond acceptors (Lipinski definition) is 5. The Balaban J connectivity index is 1.70. The third-order valence-corrected chi connectivity index (χ3v) is 3.17. The van der Waals surface area contributed by atoms with Gasteiger partial charge in [-0.3, -0.25) is 0 Å². The molecule has 0 amide bonds. The third-order valence-electron chi connectivity index (χ3n) is 3.17. The minimum Gasteiger partial charge on any atom is -0.381 e. The summed E-state index contributed by atoms with van der Waals surface area (Å²) in [5.74, 6) is 0.854. The van der Waals surface area contributed by atoms with Gasteiger partial charge < -0.3 is 9.84 Å². The molecule has 1 aromatic carbocycles. The molecule has 3 aromatic rings. The van der Waals surface area contributed by atoms with Crippen molar-refractivity contribution in [3.63, 3.8) is 0 Å². The third kappa shape index (κ3) is 2.40. The Hall–Kier alpha value is -2.63. The van der Waals surface area contributed by atoms with Crippen molar-refractivity contribution in [3.8, 4) is 5.69 Å². The average Bonchev–Trinajstić information content (AvgIpc) is 3.09. The van der Waals surface area contributed by atoms with Crippen molar-refractivity contribution < 1.29 is 4.52 Å². The highest BCUT2D eigenvalue weighted by Gasteiger charge is 2.08. The van der Waals surface area contributed by atoms with Gasteiger partial charge in [-0.1, -0.05) is 5.16 Å². The van der Waals surface area contributed by atoms with Crippen molar-refractivity contribution in [1.82, 2.24) is 20.2 Å². The van der Waals surface area contributed by atoms with E-state index in [2.05, 4.69) is 20.7 Å². The molecule has 1 N–H and O–H groups in total. The van der Waals surface area contributed by atoms with Crippen LogP contribution < -0.4 is 5.32 Å². The molecule has 6 heteroatoms. The van der Waals surface area contributed by atoms with E-state index in [9.17, 15) is 0 Å². The zero-order valence-corrected chi connectivity index (χ0v) is 11.4. The summed E-state index contributed by atoms with van der Waals surface area (Å²) in [6.07, 6.45) is 3.31. The number of aromatic nitrogens is 4. The highest BCUT2D eigenvalue weighted by atomic mass is 16.5. The molecule has 0 fully saturated rings. The van der Waals surface area contributed by atoms with E-state index in [1.54, 1.807) is 17.2 Å². The van der Waals surface area contributed by atoms with E-state index in [1.807, 2.05) is 38.1 Å². The molecule has 0 saturated heterocycles. The molecule has 0 aliphatic rings.